The molecule has 0 spiro atoms. The number of para-hydroxylation sites is 1. The first-order chi connectivity index (χ1) is 16.5. The standard InChI is InChI=1S/C26H21ClN2O5/c1-32-25(30)22-23(28-29(24(22)26(31)33-2)19-11-4-3-5-12-19)17-10-8-13-20(15-17)34-16-18-9-6-7-14-21(18)27/h3-15H,16H2,1-2H3. The molecule has 0 saturated heterocycles. The van der Waals surface area contributed by atoms with Crippen molar-refractivity contribution >= 4 is 23.5 Å². The maximum absolute atomic E-state index is 12.8. The molecule has 0 aliphatic heterocycles. The number of hydrogen-bond donors (Lipinski definition) is 0. The van der Waals surface area contributed by atoms with Gasteiger partial charge < -0.3 is 14.2 Å². The summed E-state index contributed by atoms with van der Waals surface area (Å²) in [6.45, 7) is 0.263. The Morgan fingerprint density at radius 1 is 0.882 bits per heavy atom. The minimum Gasteiger partial charge on any atom is -0.489 e. The van der Waals surface area contributed by atoms with Gasteiger partial charge in [0.2, 0.25) is 0 Å². The van der Waals surface area contributed by atoms with E-state index in [9.17, 15) is 9.59 Å². The fourth-order valence-corrected chi connectivity index (χ4v) is 3.66. The molecule has 1 aromatic heterocycles. The minimum atomic E-state index is -0.714. The van der Waals surface area contributed by atoms with Crippen molar-refractivity contribution < 1.29 is 23.8 Å². The molecule has 0 fully saturated rings. The van der Waals surface area contributed by atoms with Crippen LogP contribution in [0.1, 0.15) is 26.4 Å². The first kappa shape index (κ1) is 23.1. The van der Waals surface area contributed by atoms with Crippen LogP contribution in [0.5, 0.6) is 5.75 Å². The zero-order chi connectivity index (χ0) is 24.1. The maximum Gasteiger partial charge on any atom is 0.357 e. The molecule has 4 rings (SSSR count). The number of ether oxygens (including phenoxy) is 3. The fraction of sp³-hybridized carbons (Fsp3) is 0.115. The lowest BCUT2D eigenvalue weighted by Gasteiger charge is -2.09. The number of carbonyl (C=O) groups is 2. The summed E-state index contributed by atoms with van der Waals surface area (Å²) in [5.74, 6) is -0.879. The minimum absolute atomic E-state index is 0.00135. The van der Waals surface area contributed by atoms with Crippen LogP contribution in [0.3, 0.4) is 0 Å². The highest BCUT2D eigenvalue weighted by Crippen LogP contribution is 2.31. The smallest absolute Gasteiger partial charge is 0.357 e. The fourth-order valence-electron chi connectivity index (χ4n) is 3.47. The van der Waals surface area contributed by atoms with Gasteiger partial charge in [-0.15, -0.1) is 0 Å². The van der Waals surface area contributed by atoms with E-state index in [2.05, 4.69) is 5.10 Å². The first-order valence-corrected chi connectivity index (χ1v) is 10.7. The third kappa shape index (κ3) is 4.65. The lowest BCUT2D eigenvalue weighted by atomic mass is 10.1. The Morgan fingerprint density at radius 3 is 2.29 bits per heavy atom. The predicted octanol–water partition coefficient (Wildman–Crippen LogP) is 5.34. The quantitative estimate of drug-likeness (QED) is 0.335. The van der Waals surface area contributed by atoms with Gasteiger partial charge in [-0.2, -0.15) is 5.10 Å². The van der Waals surface area contributed by atoms with Crippen LogP contribution in [0.4, 0.5) is 0 Å². The number of esters is 2. The molecule has 34 heavy (non-hydrogen) atoms. The topological polar surface area (TPSA) is 79.7 Å². The van der Waals surface area contributed by atoms with E-state index >= 15 is 0 Å². The van der Waals surface area contributed by atoms with Crippen LogP contribution in [0, 0.1) is 0 Å². The van der Waals surface area contributed by atoms with E-state index in [4.69, 9.17) is 25.8 Å². The maximum atomic E-state index is 12.8. The third-order valence-corrected chi connectivity index (χ3v) is 5.48. The summed E-state index contributed by atoms with van der Waals surface area (Å²) in [5.41, 5.74) is 2.23. The van der Waals surface area contributed by atoms with Crippen LogP contribution in [0.15, 0.2) is 78.9 Å². The van der Waals surface area contributed by atoms with Crippen molar-refractivity contribution in [1.29, 1.82) is 0 Å². The second-order valence-corrected chi connectivity index (χ2v) is 7.62. The normalized spacial score (nSPS) is 10.6. The molecule has 4 aromatic rings. The number of rotatable bonds is 7. The molecule has 0 amide bonds. The van der Waals surface area contributed by atoms with Crippen LogP contribution in [0.25, 0.3) is 16.9 Å². The van der Waals surface area contributed by atoms with E-state index in [1.165, 1.54) is 18.9 Å². The van der Waals surface area contributed by atoms with E-state index in [0.29, 0.717) is 22.0 Å². The number of aromatic nitrogens is 2. The molecule has 0 atom stereocenters. The highest BCUT2D eigenvalue weighted by molar-refractivity contribution is 6.31. The zero-order valence-electron chi connectivity index (χ0n) is 18.5. The lowest BCUT2D eigenvalue weighted by Crippen LogP contribution is -2.15. The van der Waals surface area contributed by atoms with Gasteiger partial charge in [0, 0.05) is 16.1 Å². The number of hydrogen-bond acceptors (Lipinski definition) is 6. The Morgan fingerprint density at radius 2 is 1.59 bits per heavy atom. The predicted molar refractivity (Wildman–Crippen MR) is 127 cm³/mol. The Hall–Kier alpha value is -4.10. The summed E-state index contributed by atoms with van der Waals surface area (Å²) in [6.07, 6.45) is 0. The molecule has 0 unspecified atom stereocenters. The molecule has 0 radical (unpaired) electrons. The van der Waals surface area contributed by atoms with E-state index in [1.807, 2.05) is 24.3 Å². The van der Waals surface area contributed by atoms with Gasteiger partial charge in [-0.1, -0.05) is 60.1 Å². The molecule has 0 bridgehead atoms. The number of halogens is 1. The van der Waals surface area contributed by atoms with Gasteiger partial charge >= 0.3 is 11.9 Å². The Labute approximate surface area is 201 Å². The average molecular weight is 477 g/mol. The van der Waals surface area contributed by atoms with Gasteiger partial charge in [0.05, 0.1) is 19.9 Å². The molecule has 1 heterocycles. The highest BCUT2D eigenvalue weighted by atomic mass is 35.5. The summed E-state index contributed by atoms with van der Waals surface area (Å²) < 4.78 is 17.3. The number of nitrogens with zero attached hydrogens (tertiary/aromatic N) is 2. The SMILES string of the molecule is COC(=O)c1c(-c2cccc(OCc3ccccc3Cl)c2)nn(-c2ccccc2)c1C(=O)OC. The monoisotopic (exact) mass is 476 g/mol. The number of benzene rings is 3. The molecule has 172 valence electrons. The molecular weight excluding hydrogens is 456 g/mol. The van der Waals surface area contributed by atoms with Gasteiger partial charge in [0.15, 0.2) is 5.69 Å². The highest BCUT2D eigenvalue weighted by Gasteiger charge is 2.31. The van der Waals surface area contributed by atoms with Crippen molar-refractivity contribution in [2.45, 2.75) is 6.61 Å². The molecular formula is C26H21ClN2O5. The zero-order valence-corrected chi connectivity index (χ0v) is 19.3. The molecule has 0 saturated carbocycles. The van der Waals surface area contributed by atoms with Crippen LogP contribution in [0.2, 0.25) is 5.02 Å². The van der Waals surface area contributed by atoms with Crippen LogP contribution in [-0.2, 0) is 16.1 Å². The summed E-state index contributed by atoms with van der Waals surface area (Å²) in [7, 11) is 2.49. The molecule has 0 aliphatic rings. The average Bonchev–Trinajstić information content (AvgIpc) is 3.29. The van der Waals surface area contributed by atoms with Gasteiger partial charge in [0.25, 0.3) is 0 Å². The summed E-state index contributed by atoms with van der Waals surface area (Å²) in [5, 5.41) is 5.21. The number of methoxy groups -OCH3 is 2. The van der Waals surface area contributed by atoms with Gasteiger partial charge in [-0.3, -0.25) is 0 Å². The van der Waals surface area contributed by atoms with E-state index in [-0.39, 0.29) is 23.6 Å². The van der Waals surface area contributed by atoms with Gasteiger partial charge in [0.1, 0.15) is 23.6 Å². The van der Waals surface area contributed by atoms with E-state index in [0.717, 1.165) is 5.56 Å². The van der Waals surface area contributed by atoms with Gasteiger partial charge in [-0.25, -0.2) is 14.3 Å². The van der Waals surface area contributed by atoms with Crippen molar-refractivity contribution in [3.05, 3.63) is 101 Å². The van der Waals surface area contributed by atoms with E-state index in [1.54, 1.807) is 54.6 Å². The number of carbonyl (C=O) groups excluding carboxylic acids is 2. The van der Waals surface area contributed by atoms with Crippen LogP contribution >= 0.6 is 11.6 Å². The van der Waals surface area contributed by atoms with Crippen LogP contribution in [-0.4, -0.2) is 35.9 Å². The Kier molecular flexibility index (Phi) is 6.94. The first-order valence-electron chi connectivity index (χ1n) is 10.3. The molecule has 8 heteroatoms. The van der Waals surface area contributed by atoms with Crippen molar-refractivity contribution in [2.75, 3.05) is 14.2 Å². The molecule has 3 aromatic carbocycles. The summed E-state index contributed by atoms with van der Waals surface area (Å²) in [4.78, 5) is 25.5. The Bertz CT molecular complexity index is 1330. The summed E-state index contributed by atoms with van der Waals surface area (Å²) >= 11 is 6.22. The van der Waals surface area contributed by atoms with Crippen molar-refractivity contribution in [1.82, 2.24) is 9.78 Å². The third-order valence-electron chi connectivity index (χ3n) is 5.11. The molecule has 0 aliphatic carbocycles. The summed E-state index contributed by atoms with van der Waals surface area (Å²) in [6, 6.07) is 23.5. The lowest BCUT2D eigenvalue weighted by molar-refractivity contribution is 0.0549. The van der Waals surface area contributed by atoms with E-state index < -0.39 is 11.9 Å². The van der Waals surface area contributed by atoms with Crippen LogP contribution < -0.4 is 4.74 Å². The van der Waals surface area contributed by atoms with Crippen molar-refractivity contribution in [3.8, 4) is 22.7 Å². The molecule has 7 nitrogen and oxygen atoms in total. The molecule has 0 N–H and O–H groups in total. The van der Waals surface area contributed by atoms with Gasteiger partial charge in [-0.05, 0) is 30.3 Å². The van der Waals surface area contributed by atoms with Crippen molar-refractivity contribution in [3.63, 3.8) is 0 Å². The largest absolute Gasteiger partial charge is 0.489 e. The second-order valence-electron chi connectivity index (χ2n) is 7.21. The second kappa shape index (κ2) is 10.2. The van der Waals surface area contributed by atoms with Crippen molar-refractivity contribution in [2.24, 2.45) is 0 Å². The Balaban J connectivity index is 1.80.